The van der Waals surface area contributed by atoms with Crippen LogP contribution in [0.15, 0.2) is 0 Å². The Morgan fingerprint density at radius 1 is 1.36 bits per heavy atom. The van der Waals surface area contributed by atoms with E-state index in [1.54, 1.807) is 0 Å². The second-order valence-electron chi connectivity index (χ2n) is 3.45. The largest absolute Gasteiger partial charge is 0.396 e. The highest BCUT2D eigenvalue weighted by Gasteiger charge is 2.11. The van der Waals surface area contributed by atoms with Crippen molar-refractivity contribution in [2.45, 2.75) is 12.8 Å². The van der Waals surface area contributed by atoms with Gasteiger partial charge in [0, 0.05) is 6.61 Å². The zero-order valence-electron chi connectivity index (χ0n) is 7.51. The minimum absolute atomic E-state index is 0.288. The lowest BCUT2D eigenvalue weighted by Crippen LogP contribution is -2.40. The Bertz CT molecular complexity index is 135. The zero-order valence-corrected chi connectivity index (χ0v) is 7.51. The Labute approximate surface area is 69.4 Å². The van der Waals surface area contributed by atoms with E-state index < -0.39 is 0 Å². The molecule has 0 unspecified atom stereocenters. The van der Waals surface area contributed by atoms with Gasteiger partial charge in [0.05, 0.1) is 20.6 Å². The number of aliphatic hydroxyl groups is 1. The van der Waals surface area contributed by atoms with Crippen molar-refractivity contribution in [2.24, 2.45) is 0 Å². The summed E-state index contributed by atoms with van der Waals surface area (Å²) in [6.07, 6.45) is 7.13. The van der Waals surface area contributed by atoms with Crippen LogP contribution in [-0.2, 0) is 0 Å². The van der Waals surface area contributed by atoms with Crippen LogP contribution in [0.25, 0.3) is 0 Å². The van der Waals surface area contributed by atoms with Crippen molar-refractivity contribution in [3.8, 4) is 12.3 Å². The van der Waals surface area contributed by atoms with Gasteiger partial charge in [-0.1, -0.05) is 0 Å². The summed E-state index contributed by atoms with van der Waals surface area (Å²) in [5.41, 5.74) is 0. The molecule has 0 bridgehead atoms. The minimum Gasteiger partial charge on any atom is -0.396 e. The summed E-state index contributed by atoms with van der Waals surface area (Å²) >= 11 is 0. The highest BCUT2D eigenvalue weighted by Crippen LogP contribution is 1.99. The van der Waals surface area contributed by atoms with Gasteiger partial charge in [-0.05, 0) is 18.8 Å². The topological polar surface area (TPSA) is 20.2 Å². The Morgan fingerprint density at radius 2 is 2.00 bits per heavy atom. The van der Waals surface area contributed by atoms with E-state index in [0.29, 0.717) is 0 Å². The van der Waals surface area contributed by atoms with Crippen LogP contribution in [0.2, 0.25) is 0 Å². The molecule has 0 rings (SSSR count). The SMILES string of the molecule is C#CC[N+](C)(C)CCCCO. The van der Waals surface area contributed by atoms with Gasteiger partial charge in [0.2, 0.25) is 0 Å². The maximum Gasteiger partial charge on any atom is 0.140 e. The van der Waals surface area contributed by atoms with Crippen molar-refractivity contribution in [3.63, 3.8) is 0 Å². The van der Waals surface area contributed by atoms with E-state index in [4.69, 9.17) is 11.5 Å². The summed E-state index contributed by atoms with van der Waals surface area (Å²) < 4.78 is 0.858. The van der Waals surface area contributed by atoms with Gasteiger partial charge in [0.15, 0.2) is 0 Å². The third-order valence-corrected chi connectivity index (χ3v) is 1.69. The molecule has 0 radical (unpaired) electrons. The minimum atomic E-state index is 0.288. The first-order chi connectivity index (χ1) is 5.12. The monoisotopic (exact) mass is 156 g/mol. The van der Waals surface area contributed by atoms with Gasteiger partial charge < -0.3 is 9.59 Å². The number of quaternary nitrogens is 1. The fraction of sp³-hybridized carbons (Fsp3) is 0.778. The van der Waals surface area contributed by atoms with Gasteiger partial charge in [-0.3, -0.25) is 0 Å². The smallest absolute Gasteiger partial charge is 0.140 e. The summed E-state index contributed by atoms with van der Waals surface area (Å²) in [6, 6.07) is 0. The first-order valence-electron chi connectivity index (χ1n) is 3.99. The molecule has 0 saturated carbocycles. The number of hydrogen-bond acceptors (Lipinski definition) is 1. The lowest BCUT2D eigenvalue weighted by atomic mass is 10.3. The maximum absolute atomic E-state index is 8.55. The first kappa shape index (κ1) is 10.5. The third-order valence-electron chi connectivity index (χ3n) is 1.69. The van der Waals surface area contributed by atoms with E-state index in [1.807, 2.05) is 0 Å². The van der Waals surface area contributed by atoms with E-state index in [0.717, 1.165) is 30.4 Å². The van der Waals surface area contributed by atoms with Gasteiger partial charge in [0.1, 0.15) is 6.54 Å². The number of nitrogens with zero attached hydrogens (tertiary/aromatic N) is 1. The highest BCUT2D eigenvalue weighted by molar-refractivity contribution is 4.83. The van der Waals surface area contributed by atoms with E-state index in [2.05, 4.69) is 20.0 Å². The van der Waals surface area contributed by atoms with Crippen molar-refractivity contribution in [1.82, 2.24) is 0 Å². The number of hydrogen-bond donors (Lipinski definition) is 1. The van der Waals surface area contributed by atoms with Gasteiger partial charge in [-0.25, -0.2) is 0 Å². The third kappa shape index (κ3) is 5.90. The van der Waals surface area contributed by atoms with E-state index in [-0.39, 0.29) is 6.61 Å². The standard InChI is InChI=1S/C9H18NO/c1-4-7-10(2,3)8-5-6-9-11/h1,11H,5-9H2,2-3H3/q+1. The molecule has 64 valence electrons. The summed E-state index contributed by atoms with van der Waals surface area (Å²) in [7, 11) is 4.22. The van der Waals surface area contributed by atoms with Crippen LogP contribution >= 0.6 is 0 Å². The molecule has 0 atom stereocenters. The van der Waals surface area contributed by atoms with Gasteiger partial charge >= 0.3 is 0 Å². The number of aliphatic hydroxyl groups excluding tert-OH is 1. The van der Waals surface area contributed by atoms with Crippen molar-refractivity contribution < 1.29 is 9.59 Å². The Balaban J connectivity index is 3.48. The summed E-state index contributed by atoms with van der Waals surface area (Å²) in [4.78, 5) is 0. The van der Waals surface area contributed by atoms with Gasteiger partial charge in [-0.15, -0.1) is 6.42 Å². The van der Waals surface area contributed by atoms with E-state index >= 15 is 0 Å². The molecule has 0 amide bonds. The second kappa shape index (κ2) is 5.17. The maximum atomic E-state index is 8.55. The molecular weight excluding hydrogens is 138 g/mol. The molecule has 2 heteroatoms. The summed E-state index contributed by atoms with van der Waals surface area (Å²) in [5.74, 6) is 2.64. The Kier molecular flexibility index (Phi) is 4.93. The predicted molar refractivity (Wildman–Crippen MR) is 47.0 cm³/mol. The zero-order chi connectivity index (χ0) is 8.74. The fourth-order valence-corrected chi connectivity index (χ4v) is 0.978. The first-order valence-corrected chi connectivity index (χ1v) is 3.99. The van der Waals surface area contributed by atoms with Crippen LogP contribution in [0.1, 0.15) is 12.8 Å². The quantitative estimate of drug-likeness (QED) is 0.348. The van der Waals surface area contributed by atoms with Crippen molar-refractivity contribution in [1.29, 1.82) is 0 Å². The molecule has 11 heavy (non-hydrogen) atoms. The second-order valence-corrected chi connectivity index (χ2v) is 3.45. The van der Waals surface area contributed by atoms with Crippen molar-refractivity contribution in [3.05, 3.63) is 0 Å². The molecule has 0 fully saturated rings. The molecule has 0 aliphatic heterocycles. The van der Waals surface area contributed by atoms with Crippen LogP contribution in [0.4, 0.5) is 0 Å². The molecule has 2 nitrogen and oxygen atoms in total. The summed E-state index contributed by atoms with van der Waals surface area (Å²) in [6.45, 7) is 2.10. The average molecular weight is 156 g/mol. The van der Waals surface area contributed by atoms with Crippen molar-refractivity contribution in [2.75, 3.05) is 33.8 Å². The summed E-state index contributed by atoms with van der Waals surface area (Å²) in [5, 5.41) is 8.55. The average Bonchev–Trinajstić information content (AvgIpc) is 1.87. The van der Waals surface area contributed by atoms with Crippen LogP contribution in [-0.4, -0.2) is 43.4 Å². The molecule has 0 aromatic rings. The lowest BCUT2D eigenvalue weighted by Gasteiger charge is -2.27. The van der Waals surface area contributed by atoms with E-state index in [1.165, 1.54) is 0 Å². The molecule has 0 aliphatic rings. The molecular formula is C9H18NO+. The molecule has 0 spiro atoms. The molecule has 0 aromatic carbocycles. The van der Waals surface area contributed by atoms with E-state index in [9.17, 15) is 0 Å². The molecule has 0 aliphatic carbocycles. The molecule has 1 N–H and O–H groups in total. The Morgan fingerprint density at radius 3 is 2.45 bits per heavy atom. The number of unbranched alkanes of at least 4 members (excludes halogenated alkanes) is 1. The normalized spacial score (nSPS) is 11.1. The van der Waals surface area contributed by atoms with Crippen LogP contribution in [0.3, 0.4) is 0 Å². The Hall–Kier alpha value is -0.520. The number of terminal acetylenes is 1. The molecule has 0 aromatic heterocycles. The highest BCUT2D eigenvalue weighted by atomic mass is 16.2. The molecule has 0 saturated heterocycles. The van der Waals surface area contributed by atoms with Crippen molar-refractivity contribution >= 4 is 0 Å². The van der Waals surface area contributed by atoms with Crippen LogP contribution in [0, 0.1) is 12.3 Å². The lowest BCUT2D eigenvalue weighted by molar-refractivity contribution is -0.883. The number of rotatable bonds is 5. The van der Waals surface area contributed by atoms with Gasteiger partial charge in [-0.2, -0.15) is 0 Å². The molecule has 0 heterocycles. The van der Waals surface area contributed by atoms with Crippen LogP contribution in [0.5, 0.6) is 0 Å². The van der Waals surface area contributed by atoms with Gasteiger partial charge in [0.25, 0.3) is 0 Å². The van der Waals surface area contributed by atoms with Crippen LogP contribution < -0.4 is 0 Å². The predicted octanol–water partition coefficient (Wildman–Crippen LogP) is 0.468. The fourth-order valence-electron chi connectivity index (χ4n) is 0.978.